The van der Waals surface area contributed by atoms with Gasteiger partial charge in [-0.25, -0.2) is 0 Å². The standard InChI is InChI=1S/C10H21N3S/c1-4-8(3)6-7-9(5-2)12-13-10(11)14/h8H,4-7H2,1-3H3,(H3,11,13,14). The van der Waals surface area contributed by atoms with Crippen molar-refractivity contribution in [3.8, 4) is 0 Å². The van der Waals surface area contributed by atoms with Gasteiger partial charge in [-0.1, -0.05) is 27.2 Å². The summed E-state index contributed by atoms with van der Waals surface area (Å²) in [6, 6.07) is 0. The van der Waals surface area contributed by atoms with Crippen LogP contribution < -0.4 is 11.2 Å². The van der Waals surface area contributed by atoms with E-state index < -0.39 is 0 Å². The minimum absolute atomic E-state index is 0.236. The van der Waals surface area contributed by atoms with Crippen molar-refractivity contribution in [3.63, 3.8) is 0 Å². The Labute approximate surface area is 92.1 Å². The first-order valence-electron chi connectivity index (χ1n) is 5.21. The Morgan fingerprint density at radius 2 is 2.14 bits per heavy atom. The topological polar surface area (TPSA) is 50.4 Å². The molecule has 0 radical (unpaired) electrons. The molecule has 4 heteroatoms. The second-order valence-electron chi connectivity index (χ2n) is 3.56. The molecule has 0 saturated carbocycles. The summed E-state index contributed by atoms with van der Waals surface area (Å²) in [5.74, 6) is 0.761. The van der Waals surface area contributed by atoms with Crippen LogP contribution in [-0.4, -0.2) is 10.8 Å². The van der Waals surface area contributed by atoms with Crippen LogP contribution in [0.2, 0.25) is 0 Å². The van der Waals surface area contributed by atoms with Gasteiger partial charge < -0.3 is 5.73 Å². The molecule has 14 heavy (non-hydrogen) atoms. The summed E-state index contributed by atoms with van der Waals surface area (Å²) in [5, 5.41) is 4.38. The lowest BCUT2D eigenvalue weighted by molar-refractivity contribution is 0.526. The van der Waals surface area contributed by atoms with E-state index in [4.69, 9.17) is 5.73 Å². The van der Waals surface area contributed by atoms with E-state index in [1.54, 1.807) is 0 Å². The van der Waals surface area contributed by atoms with Crippen LogP contribution in [0, 0.1) is 5.92 Å². The fourth-order valence-corrected chi connectivity index (χ4v) is 1.11. The van der Waals surface area contributed by atoms with Crippen LogP contribution >= 0.6 is 12.2 Å². The third kappa shape index (κ3) is 6.83. The van der Waals surface area contributed by atoms with Crippen molar-refractivity contribution in [2.24, 2.45) is 16.8 Å². The van der Waals surface area contributed by atoms with Gasteiger partial charge >= 0.3 is 0 Å². The first-order chi connectivity index (χ1) is 6.60. The maximum absolute atomic E-state index is 5.29. The van der Waals surface area contributed by atoms with Crippen LogP contribution in [0.3, 0.4) is 0 Å². The van der Waals surface area contributed by atoms with E-state index in [1.165, 1.54) is 12.8 Å². The molecule has 0 aromatic carbocycles. The van der Waals surface area contributed by atoms with Crippen LogP contribution in [0.4, 0.5) is 0 Å². The van der Waals surface area contributed by atoms with Crippen molar-refractivity contribution < 1.29 is 0 Å². The number of nitrogens with one attached hydrogen (secondary N) is 1. The predicted octanol–water partition coefficient (Wildman–Crippen LogP) is 2.41. The predicted molar refractivity (Wildman–Crippen MR) is 66.3 cm³/mol. The fraction of sp³-hybridized carbons (Fsp3) is 0.800. The Morgan fingerprint density at radius 1 is 1.50 bits per heavy atom. The van der Waals surface area contributed by atoms with Crippen LogP contribution in [0.5, 0.6) is 0 Å². The van der Waals surface area contributed by atoms with Gasteiger partial charge in [0.25, 0.3) is 0 Å². The Bertz CT molecular complexity index is 202. The highest BCUT2D eigenvalue weighted by molar-refractivity contribution is 7.80. The lowest BCUT2D eigenvalue weighted by Crippen LogP contribution is -2.25. The van der Waals surface area contributed by atoms with Gasteiger partial charge in [0.2, 0.25) is 0 Å². The van der Waals surface area contributed by atoms with Crippen molar-refractivity contribution >= 4 is 23.0 Å². The molecule has 0 bridgehead atoms. The molecule has 1 unspecified atom stereocenters. The highest BCUT2D eigenvalue weighted by atomic mass is 32.1. The lowest BCUT2D eigenvalue weighted by atomic mass is 10.0. The first-order valence-corrected chi connectivity index (χ1v) is 5.61. The highest BCUT2D eigenvalue weighted by Gasteiger charge is 2.02. The molecule has 0 aliphatic rings. The molecule has 0 spiro atoms. The van der Waals surface area contributed by atoms with Gasteiger partial charge in [0, 0.05) is 5.71 Å². The summed E-state index contributed by atoms with van der Waals surface area (Å²) in [7, 11) is 0. The summed E-state index contributed by atoms with van der Waals surface area (Å²) >= 11 is 4.68. The number of rotatable bonds is 6. The molecule has 3 nitrogen and oxygen atoms in total. The van der Waals surface area contributed by atoms with Crippen molar-refractivity contribution in [2.75, 3.05) is 0 Å². The van der Waals surface area contributed by atoms with Crippen LogP contribution in [0.25, 0.3) is 0 Å². The molecule has 0 aliphatic carbocycles. The molecule has 0 rings (SSSR count). The van der Waals surface area contributed by atoms with E-state index in [0.29, 0.717) is 0 Å². The van der Waals surface area contributed by atoms with Gasteiger partial charge in [0.1, 0.15) is 0 Å². The third-order valence-electron chi connectivity index (χ3n) is 2.35. The average molecular weight is 215 g/mol. The highest BCUT2D eigenvalue weighted by Crippen LogP contribution is 2.10. The van der Waals surface area contributed by atoms with Crippen molar-refractivity contribution in [1.82, 2.24) is 5.43 Å². The Hall–Kier alpha value is -0.640. The molecular formula is C10H21N3S. The molecule has 0 heterocycles. The van der Waals surface area contributed by atoms with E-state index in [9.17, 15) is 0 Å². The van der Waals surface area contributed by atoms with Gasteiger partial charge in [-0.05, 0) is 37.4 Å². The zero-order valence-electron chi connectivity index (χ0n) is 9.34. The minimum atomic E-state index is 0.236. The zero-order chi connectivity index (χ0) is 11.0. The molecule has 0 aromatic rings. The molecule has 0 amide bonds. The molecule has 0 saturated heterocycles. The molecule has 0 fully saturated rings. The number of hydrazone groups is 1. The second-order valence-corrected chi connectivity index (χ2v) is 4.00. The molecule has 0 aromatic heterocycles. The fourth-order valence-electron chi connectivity index (χ4n) is 1.06. The van der Waals surface area contributed by atoms with E-state index in [-0.39, 0.29) is 5.11 Å². The maximum atomic E-state index is 5.29. The largest absolute Gasteiger partial charge is 0.375 e. The smallest absolute Gasteiger partial charge is 0.184 e. The summed E-state index contributed by atoms with van der Waals surface area (Å²) in [6.45, 7) is 6.56. The molecule has 1 atom stereocenters. The SMILES string of the molecule is CCC(CCC(C)CC)=NNC(N)=S. The number of nitrogens with zero attached hydrogens (tertiary/aromatic N) is 1. The summed E-state index contributed by atoms with van der Waals surface area (Å²) < 4.78 is 0. The van der Waals surface area contributed by atoms with E-state index in [0.717, 1.165) is 24.5 Å². The third-order valence-corrected chi connectivity index (χ3v) is 2.45. The van der Waals surface area contributed by atoms with Crippen LogP contribution in [0.1, 0.15) is 46.5 Å². The Morgan fingerprint density at radius 3 is 2.57 bits per heavy atom. The first kappa shape index (κ1) is 13.4. The average Bonchev–Trinajstić information content (AvgIpc) is 2.17. The molecule has 3 N–H and O–H groups in total. The molecule has 82 valence electrons. The van der Waals surface area contributed by atoms with Gasteiger partial charge in [-0.15, -0.1) is 0 Å². The Kier molecular flexibility index (Phi) is 7.38. The molecule has 0 aliphatic heterocycles. The number of thiocarbonyl (C=S) groups is 1. The zero-order valence-corrected chi connectivity index (χ0v) is 10.2. The van der Waals surface area contributed by atoms with Crippen molar-refractivity contribution in [3.05, 3.63) is 0 Å². The number of nitrogens with two attached hydrogens (primary N) is 1. The van der Waals surface area contributed by atoms with E-state index >= 15 is 0 Å². The van der Waals surface area contributed by atoms with Gasteiger partial charge in [-0.3, -0.25) is 5.43 Å². The number of hydrogen-bond donors (Lipinski definition) is 2. The van der Waals surface area contributed by atoms with Crippen LogP contribution in [-0.2, 0) is 0 Å². The van der Waals surface area contributed by atoms with Crippen LogP contribution in [0.15, 0.2) is 5.10 Å². The number of hydrogen-bond acceptors (Lipinski definition) is 2. The lowest BCUT2D eigenvalue weighted by Gasteiger charge is -2.09. The van der Waals surface area contributed by atoms with E-state index in [2.05, 4.69) is 43.5 Å². The Balaban J connectivity index is 3.89. The van der Waals surface area contributed by atoms with Gasteiger partial charge in [0.05, 0.1) is 0 Å². The molecular weight excluding hydrogens is 194 g/mol. The second kappa shape index (κ2) is 7.74. The summed E-state index contributed by atoms with van der Waals surface area (Å²) in [5.41, 5.74) is 9.06. The van der Waals surface area contributed by atoms with E-state index in [1.807, 2.05) is 0 Å². The quantitative estimate of drug-likeness (QED) is 0.406. The summed E-state index contributed by atoms with van der Waals surface area (Å²) in [6.07, 6.45) is 4.38. The van der Waals surface area contributed by atoms with Crippen molar-refractivity contribution in [2.45, 2.75) is 46.5 Å². The minimum Gasteiger partial charge on any atom is -0.375 e. The monoisotopic (exact) mass is 215 g/mol. The maximum Gasteiger partial charge on any atom is 0.184 e. The van der Waals surface area contributed by atoms with Crippen molar-refractivity contribution in [1.29, 1.82) is 0 Å². The van der Waals surface area contributed by atoms with Gasteiger partial charge in [-0.2, -0.15) is 5.10 Å². The van der Waals surface area contributed by atoms with Gasteiger partial charge in [0.15, 0.2) is 5.11 Å². The summed E-state index contributed by atoms with van der Waals surface area (Å²) in [4.78, 5) is 0. The normalized spacial score (nSPS) is 13.8.